The van der Waals surface area contributed by atoms with E-state index in [4.69, 9.17) is 0 Å². The van der Waals surface area contributed by atoms with Crippen molar-refractivity contribution in [1.29, 1.82) is 0 Å². The fourth-order valence-corrected chi connectivity index (χ4v) is 4.62. The minimum absolute atomic E-state index is 0.0255. The third kappa shape index (κ3) is 4.02. The molecule has 7 nitrogen and oxygen atoms in total. The van der Waals surface area contributed by atoms with E-state index >= 15 is 0 Å². The van der Waals surface area contributed by atoms with Crippen LogP contribution < -0.4 is 10.0 Å². The van der Waals surface area contributed by atoms with E-state index in [9.17, 15) is 13.2 Å². The number of pyridine rings is 1. The van der Waals surface area contributed by atoms with Gasteiger partial charge in [0.25, 0.3) is 5.91 Å². The summed E-state index contributed by atoms with van der Waals surface area (Å²) >= 11 is 0. The Balaban J connectivity index is 1.60. The zero-order valence-electron chi connectivity index (χ0n) is 14.8. The molecule has 1 aromatic carbocycles. The predicted molar refractivity (Wildman–Crippen MR) is 101 cm³/mol. The zero-order valence-corrected chi connectivity index (χ0v) is 15.7. The van der Waals surface area contributed by atoms with Crippen LogP contribution >= 0.6 is 0 Å². The molecule has 0 radical (unpaired) electrons. The molecule has 1 aliphatic heterocycles. The molecule has 2 N–H and O–H groups in total. The fraction of sp³-hybridized carbons (Fsp3) is 0.368. The van der Waals surface area contributed by atoms with E-state index in [1.165, 1.54) is 12.1 Å². The molecule has 2 aromatic rings. The minimum Gasteiger partial charge on any atom is -0.329 e. The smallest absolute Gasteiger partial charge is 0.254 e. The molecule has 142 valence electrons. The number of rotatable bonds is 5. The van der Waals surface area contributed by atoms with Crippen LogP contribution in [0.4, 0.5) is 0 Å². The Kier molecular flexibility index (Phi) is 4.94. The molecular formula is C19H22N4O3S. The van der Waals surface area contributed by atoms with Crippen molar-refractivity contribution >= 4 is 15.9 Å². The summed E-state index contributed by atoms with van der Waals surface area (Å²) in [5, 5.41) is 3.31. The number of carbonyl (C=O) groups is 1. The van der Waals surface area contributed by atoms with Crippen molar-refractivity contribution < 1.29 is 13.2 Å². The summed E-state index contributed by atoms with van der Waals surface area (Å²) in [5.41, 5.74) is 1.33. The summed E-state index contributed by atoms with van der Waals surface area (Å²) in [6, 6.07) is 9.97. The van der Waals surface area contributed by atoms with Crippen molar-refractivity contribution in [2.45, 2.75) is 29.8 Å². The zero-order chi connectivity index (χ0) is 18.9. The van der Waals surface area contributed by atoms with Crippen LogP contribution in [0.2, 0.25) is 0 Å². The van der Waals surface area contributed by atoms with Gasteiger partial charge in [-0.1, -0.05) is 12.1 Å². The molecule has 1 unspecified atom stereocenters. The van der Waals surface area contributed by atoms with Crippen LogP contribution in [-0.2, 0) is 10.0 Å². The van der Waals surface area contributed by atoms with Crippen LogP contribution in [0.5, 0.6) is 0 Å². The number of nitrogens with one attached hydrogen (secondary N) is 2. The van der Waals surface area contributed by atoms with E-state index in [2.05, 4.69) is 15.0 Å². The third-order valence-corrected chi connectivity index (χ3v) is 6.38. The first-order valence-corrected chi connectivity index (χ1v) is 10.6. The van der Waals surface area contributed by atoms with Gasteiger partial charge in [-0.05, 0) is 42.7 Å². The van der Waals surface area contributed by atoms with Crippen LogP contribution in [0.25, 0.3) is 0 Å². The van der Waals surface area contributed by atoms with Gasteiger partial charge < -0.3 is 10.2 Å². The van der Waals surface area contributed by atoms with Crippen LogP contribution in [0.3, 0.4) is 0 Å². The van der Waals surface area contributed by atoms with Crippen molar-refractivity contribution in [3.05, 3.63) is 59.9 Å². The van der Waals surface area contributed by atoms with Crippen molar-refractivity contribution in [2.24, 2.45) is 0 Å². The highest BCUT2D eigenvalue weighted by atomic mass is 32.2. The van der Waals surface area contributed by atoms with E-state index < -0.39 is 10.0 Å². The quantitative estimate of drug-likeness (QED) is 0.808. The molecule has 2 aliphatic rings. The number of benzene rings is 1. The highest BCUT2D eigenvalue weighted by Crippen LogP contribution is 2.25. The Hall–Kier alpha value is -2.29. The normalized spacial score (nSPS) is 20.4. The molecule has 0 spiro atoms. The number of hydrogen-bond acceptors (Lipinski definition) is 5. The van der Waals surface area contributed by atoms with Gasteiger partial charge in [0.05, 0.1) is 10.9 Å². The summed E-state index contributed by atoms with van der Waals surface area (Å²) in [7, 11) is -3.59. The number of piperazine rings is 1. The molecule has 27 heavy (non-hydrogen) atoms. The number of aromatic nitrogens is 1. The molecular weight excluding hydrogens is 364 g/mol. The molecule has 0 bridgehead atoms. The molecule has 2 fully saturated rings. The molecule has 4 rings (SSSR count). The maximum absolute atomic E-state index is 13.2. The average Bonchev–Trinajstić information content (AvgIpc) is 3.51. The average molecular weight is 386 g/mol. The van der Waals surface area contributed by atoms with Crippen LogP contribution in [0.1, 0.15) is 34.8 Å². The van der Waals surface area contributed by atoms with E-state index in [0.29, 0.717) is 25.2 Å². The number of amides is 1. The lowest BCUT2D eigenvalue weighted by Crippen LogP contribution is -2.48. The molecule has 1 saturated heterocycles. The second kappa shape index (κ2) is 7.38. The summed E-state index contributed by atoms with van der Waals surface area (Å²) < 4.78 is 27.6. The van der Waals surface area contributed by atoms with Gasteiger partial charge in [-0.3, -0.25) is 9.78 Å². The van der Waals surface area contributed by atoms with Crippen molar-refractivity contribution in [2.75, 3.05) is 19.6 Å². The Morgan fingerprint density at radius 2 is 2.07 bits per heavy atom. The molecule has 1 amide bonds. The van der Waals surface area contributed by atoms with Gasteiger partial charge in [0.2, 0.25) is 10.0 Å². The Morgan fingerprint density at radius 3 is 2.81 bits per heavy atom. The molecule has 1 saturated carbocycles. The lowest BCUT2D eigenvalue weighted by molar-refractivity contribution is 0.0633. The number of sulfonamides is 1. The van der Waals surface area contributed by atoms with Gasteiger partial charge in [-0.2, -0.15) is 0 Å². The summed E-state index contributed by atoms with van der Waals surface area (Å²) in [4.78, 5) is 19.2. The maximum Gasteiger partial charge on any atom is 0.254 e. The highest BCUT2D eigenvalue weighted by Gasteiger charge is 2.31. The number of carbonyl (C=O) groups excluding carboxylic acids is 1. The largest absolute Gasteiger partial charge is 0.329 e. The topological polar surface area (TPSA) is 91.4 Å². The van der Waals surface area contributed by atoms with E-state index in [1.54, 1.807) is 29.4 Å². The van der Waals surface area contributed by atoms with E-state index in [0.717, 1.165) is 18.4 Å². The second-order valence-electron chi connectivity index (χ2n) is 6.93. The lowest BCUT2D eigenvalue weighted by atomic mass is 10.0. The second-order valence-corrected chi connectivity index (χ2v) is 8.64. The van der Waals surface area contributed by atoms with E-state index in [-0.39, 0.29) is 22.9 Å². The standard InChI is InChI=1S/C19H22N4O3S/c24-19(23-10-9-21-13-18(23)15-4-2-8-20-12-15)14-3-1-5-17(11-14)27(25,26)22-16-6-7-16/h1-5,8,11-12,16,18,21-22H,6-7,9-10,13H2. The molecule has 1 aromatic heterocycles. The Bertz CT molecular complexity index is 929. The highest BCUT2D eigenvalue weighted by molar-refractivity contribution is 7.89. The minimum atomic E-state index is -3.59. The van der Waals surface area contributed by atoms with Gasteiger partial charge in [0, 0.05) is 43.6 Å². The van der Waals surface area contributed by atoms with Crippen LogP contribution in [0.15, 0.2) is 53.7 Å². The monoisotopic (exact) mass is 386 g/mol. The molecule has 8 heteroatoms. The van der Waals surface area contributed by atoms with Gasteiger partial charge in [-0.15, -0.1) is 0 Å². The van der Waals surface area contributed by atoms with E-state index in [1.807, 2.05) is 12.1 Å². The van der Waals surface area contributed by atoms with Crippen molar-refractivity contribution in [3.8, 4) is 0 Å². The molecule has 1 aliphatic carbocycles. The maximum atomic E-state index is 13.2. The molecule has 2 heterocycles. The Labute approximate surface area is 158 Å². The SMILES string of the molecule is O=C(c1cccc(S(=O)(=O)NC2CC2)c1)N1CCNCC1c1cccnc1. The van der Waals surface area contributed by atoms with Crippen LogP contribution in [0, 0.1) is 0 Å². The van der Waals surface area contributed by atoms with Crippen molar-refractivity contribution in [1.82, 2.24) is 19.9 Å². The van der Waals surface area contributed by atoms with Crippen molar-refractivity contribution in [3.63, 3.8) is 0 Å². The van der Waals surface area contributed by atoms with Gasteiger partial charge >= 0.3 is 0 Å². The summed E-state index contributed by atoms with van der Waals surface area (Å²) in [5.74, 6) is -0.172. The summed E-state index contributed by atoms with van der Waals surface area (Å²) in [6.45, 7) is 1.89. The van der Waals surface area contributed by atoms with Gasteiger partial charge in [-0.25, -0.2) is 13.1 Å². The van der Waals surface area contributed by atoms with Gasteiger partial charge in [0.15, 0.2) is 0 Å². The first-order chi connectivity index (χ1) is 13.0. The fourth-order valence-electron chi connectivity index (χ4n) is 3.27. The first-order valence-electron chi connectivity index (χ1n) is 9.08. The Morgan fingerprint density at radius 1 is 1.22 bits per heavy atom. The number of nitrogens with zero attached hydrogens (tertiary/aromatic N) is 2. The molecule has 1 atom stereocenters. The third-order valence-electron chi connectivity index (χ3n) is 4.86. The lowest BCUT2D eigenvalue weighted by Gasteiger charge is -2.36. The predicted octanol–water partition coefficient (Wildman–Crippen LogP) is 1.31. The summed E-state index contributed by atoms with van der Waals surface area (Å²) in [6.07, 6.45) is 5.20. The van der Waals surface area contributed by atoms with Crippen LogP contribution in [-0.4, -0.2) is 49.9 Å². The number of hydrogen-bond donors (Lipinski definition) is 2. The first kappa shape index (κ1) is 18.1. The van der Waals surface area contributed by atoms with Gasteiger partial charge in [0.1, 0.15) is 0 Å².